The predicted octanol–water partition coefficient (Wildman–Crippen LogP) is 2.17. The standard InChI is InChI=1S/C11H11F3N4/c1-6-17-9(10(15)18(6)16)7-4-2-3-5-8(7)11(12,13)14/h2-5H,15-16H2,1H3. The second kappa shape index (κ2) is 3.94. The zero-order valence-corrected chi connectivity index (χ0v) is 9.49. The van der Waals surface area contributed by atoms with Crippen molar-refractivity contribution in [1.82, 2.24) is 9.66 Å². The number of rotatable bonds is 1. The van der Waals surface area contributed by atoms with E-state index in [1.165, 1.54) is 18.2 Å². The summed E-state index contributed by atoms with van der Waals surface area (Å²) in [4.78, 5) is 3.97. The minimum atomic E-state index is -4.46. The van der Waals surface area contributed by atoms with Gasteiger partial charge >= 0.3 is 6.18 Å². The van der Waals surface area contributed by atoms with E-state index in [-0.39, 0.29) is 17.1 Å². The molecule has 4 nitrogen and oxygen atoms in total. The molecule has 1 aromatic heterocycles. The highest BCUT2D eigenvalue weighted by atomic mass is 19.4. The summed E-state index contributed by atoms with van der Waals surface area (Å²) in [5, 5.41) is 0. The van der Waals surface area contributed by atoms with E-state index in [4.69, 9.17) is 11.6 Å². The first kappa shape index (κ1) is 12.3. The topological polar surface area (TPSA) is 69.9 Å². The van der Waals surface area contributed by atoms with Gasteiger partial charge in [0, 0.05) is 5.56 Å². The highest BCUT2D eigenvalue weighted by Crippen LogP contribution is 2.38. The largest absolute Gasteiger partial charge is 0.417 e. The minimum absolute atomic E-state index is 0.00389. The number of aryl methyl sites for hydroxylation is 1. The molecule has 18 heavy (non-hydrogen) atoms. The smallest absolute Gasteiger partial charge is 0.382 e. The highest BCUT2D eigenvalue weighted by molar-refractivity contribution is 5.74. The maximum absolute atomic E-state index is 12.9. The van der Waals surface area contributed by atoms with Crippen molar-refractivity contribution in [3.8, 4) is 11.3 Å². The lowest BCUT2D eigenvalue weighted by Crippen LogP contribution is -2.13. The molecule has 0 unspecified atom stereocenters. The second-order valence-corrected chi connectivity index (χ2v) is 3.81. The van der Waals surface area contributed by atoms with E-state index in [1.807, 2.05) is 0 Å². The number of hydrogen-bond donors (Lipinski definition) is 2. The van der Waals surface area contributed by atoms with Crippen molar-refractivity contribution in [2.45, 2.75) is 13.1 Å². The van der Waals surface area contributed by atoms with E-state index in [0.717, 1.165) is 10.7 Å². The van der Waals surface area contributed by atoms with Gasteiger partial charge in [-0.15, -0.1) is 0 Å². The van der Waals surface area contributed by atoms with E-state index >= 15 is 0 Å². The summed E-state index contributed by atoms with van der Waals surface area (Å²) in [6.07, 6.45) is -4.46. The molecule has 0 radical (unpaired) electrons. The molecular formula is C11H11F3N4. The fraction of sp³-hybridized carbons (Fsp3) is 0.182. The first-order valence-corrected chi connectivity index (χ1v) is 5.09. The van der Waals surface area contributed by atoms with Crippen LogP contribution in [0.25, 0.3) is 11.3 Å². The number of nitrogens with zero attached hydrogens (tertiary/aromatic N) is 2. The van der Waals surface area contributed by atoms with Crippen LogP contribution in [0, 0.1) is 6.92 Å². The molecule has 1 heterocycles. The van der Waals surface area contributed by atoms with Crippen LogP contribution in [-0.4, -0.2) is 9.66 Å². The van der Waals surface area contributed by atoms with Crippen LogP contribution in [0.3, 0.4) is 0 Å². The number of nitrogens with two attached hydrogens (primary N) is 2. The van der Waals surface area contributed by atoms with Gasteiger partial charge < -0.3 is 11.6 Å². The monoisotopic (exact) mass is 256 g/mol. The Morgan fingerprint density at radius 2 is 1.83 bits per heavy atom. The third kappa shape index (κ3) is 1.87. The molecule has 0 saturated carbocycles. The molecular weight excluding hydrogens is 245 g/mol. The van der Waals surface area contributed by atoms with Crippen LogP contribution in [0.2, 0.25) is 0 Å². The molecule has 0 spiro atoms. The second-order valence-electron chi connectivity index (χ2n) is 3.81. The van der Waals surface area contributed by atoms with Gasteiger partial charge in [-0.3, -0.25) is 0 Å². The summed E-state index contributed by atoms with van der Waals surface area (Å²) in [6.45, 7) is 1.57. The van der Waals surface area contributed by atoms with Gasteiger partial charge in [0.1, 0.15) is 11.5 Å². The van der Waals surface area contributed by atoms with Gasteiger partial charge in [0.15, 0.2) is 5.82 Å². The Bertz CT molecular complexity index is 586. The lowest BCUT2D eigenvalue weighted by molar-refractivity contribution is -0.137. The lowest BCUT2D eigenvalue weighted by atomic mass is 10.0. The molecule has 0 bridgehead atoms. The van der Waals surface area contributed by atoms with Gasteiger partial charge in [-0.2, -0.15) is 13.2 Å². The zero-order valence-electron chi connectivity index (χ0n) is 9.49. The molecule has 0 aliphatic rings. The maximum atomic E-state index is 12.9. The van der Waals surface area contributed by atoms with Crippen molar-refractivity contribution in [2.75, 3.05) is 11.6 Å². The number of halogens is 3. The molecule has 96 valence electrons. The number of benzene rings is 1. The molecule has 0 amide bonds. The van der Waals surface area contributed by atoms with Crippen molar-refractivity contribution in [1.29, 1.82) is 0 Å². The third-order valence-electron chi connectivity index (χ3n) is 2.61. The van der Waals surface area contributed by atoms with Gasteiger partial charge in [0.2, 0.25) is 0 Å². The predicted molar refractivity (Wildman–Crippen MR) is 62.0 cm³/mol. The lowest BCUT2D eigenvalue weighted by Gasteiger charge is -2.11. The van der Waals surface area contributed by atoms with Crippen molar-refractivity contribution in [2.24, 2.45) is 0 Å². The van der Waals surface area contributed by atoms with E-state index < -0.39 is 11.7 Å². The third-order valence-corrected chi connectivity index (χ3v) is 2.61. The minimum Gasteiger partial charge on any atom is -0.382 e. The van der Waals surface area contributed by atoms with Gasteiger partial charge in [0.25, 0.3) is 0 Å². The number of imidazole rings is 1. The van der Waals surface area contributed by atoms with Crippen LogP contribution >= 0.6 is 0 Å². The quantitative estimate of drug-likeness (QED) is 0.768. The Morgan fingerprint density at radius 1 is 1.22 bits per heavy atom. The van der Waals surface area contributed by atoms with Gasteiger partial charge in [-0.05, 0) is 13.0 Å². The normalized spacial score (nSPS) is 11.8. The van der Waals surface area contributed by atoms with E-state index in [2.05, 4.69) is 4.98 Å². The highest BCUT2D eigenvalue weighted by Gasteiger charge is 2.34. The molecule has 0 aliphatic carbocycles. The van der Waals surface area contributed by atoms with Gasteiger partial charge in [0.05, 0.1) is 5.56 Å². The molecule has 0 fully saturated rings. The van der Waals surface area contributed by atoms with Crippen LogP contribution in [0.15, 0.2) is 24.3 Å². The van der Waals surface area contributed by atoms with Crippen LogP contribution < -0.4 is 11.6 Å². The van der Waals surface area contributed by atoms with Gasteiger partial charge in [-0.1, -0.05) is 18.2 Å². The molecule has 0 saturated heterocycles. The summed E-state index contributed by atoms with van der Waals surface area (Å²) >= 11 is 0. The number of aromatic nitrogens is 2. The van der Waals surface area contributed by atoms with Crippen LogP contribution in [0.1, 0.15) is 11.4 Å². The molecule has 4 N–H and O–H groups in total. The first-order chi connectivity index (χ1) is 8.32. The number of hydrogen-bond acceptors (Lipinski definition) is 3. The fourth-order valence-electron chi connectivity index (χ4n) is 1.70. The molecule has 2 aromatic rings. The molecule has 0 atom stereocenters. The van der Waals surface area contributed by atoms with Gasteiger partial charge in [-0.25, -0.2) is 9.66 Å². The molecule has 2 rings (SSSR count). The van der Waals surface area contributed by atoms with E-state index in [9.17, 15) is 13.2 Å². The first-order valence-electron chi connectivity index (χ1n) is 5.09. The number of anilines is 1. The Hall–Kier alpha value is -2.18. The van der Waals surface area contributed by atoms with E-state index in [0.29, 0.717) is 5.82 Å². The molecule has 7 heteroatoms. The molecule has 0 aliphatic heterocycles. The summed E-state index contributed by atoms with van der Waals surface area (Å²) in [5.41, 5.74) is 4.84. The Balaban J connectivity index is 2.68. The number of nitrogen functional groups attached to an aromatic ring is 2. The average molecular weight is 256 g/mol. The SMILES string of the molecule is Cc1nc(-c2ccccc2C(F)(F)F)c(N)n1N. The van der Waals surface area contributed by atoms with E-state index in [1.54, 1.807) is 6.92 Å². The average Bonchev–Trinajstić information content (AvgIpc) is 2.56. The summed E-state index contributed by atoms with van der Waals surface area (Å²) < 4.78 is 39.7. The van der Waals surface area contributed by atoms with Crippen molar-refractivity contribution < 1.29 is 13.2 Å². The van der Waals surface area contributed by atoms with Crippen molar-refractivity contribution in [3.63, 3.8) is 0 Å². The van der Waals surface area contributed by atoms with Crippen LogP contribution in [0.5, 0.6) is 0 Å². The van der Waals surface area contributed by atoms with Crippen LogP contribution in [-0.2, 0) is 6.18 Å². The Morgan fingerprint density at radius 3 is 2.33 bits per heavy atom. The summed E-state index contributed by atoms with van der Waals surface area (Å²) in [6, 6.07) is 5.12. The van der Waals surface area contributed by atoms with Crippen LogP contribution in [0.4, 0.5) is 19.0 Å². The maximum Gasteiger partial charge on any atom is 0.417 e. The zero-order chi connectivity index (χ0) is 13.5. The Labute approximate surface area is 101 Å². The van der Waals surface area contributed by atoms with Crippen molar-refractivity contribution >= 4 is 5.82 Å². The molecule has 1 aromatic carbocycles. The summed E-state index contributed by atoms with van der Waals surface area (Å²) in [7, 11) is 0. The van der Waals surface area contributed by atoms with Crippen molar-refractivity contribution in [3.05, 3.63) is 35.7 Å². The Kier molecular flexibility index (Phi) is 2.68. The number of alkyl halides is 3. The summed E-state index contributed by atoms with van der Waals surface area (Å²) in [5.74, 6) is 5.90. The fourth-order valence-corrected chi connectivity index (χ4v) is 1.70.